The fraction of sp³-hybridized carbons (Fsp3) is 0.531. The van der Waals surface area contributed by atoms with Crippen molar-refractivity contribution in [3.05, 3.63) is 47.7 Å². The minimum absolute atomic E-state index is 0.00584. The highest BCUT2D eigenvalue weighted by Crippen LogP contribution is 2.35. The van der Waals surface area contributed by atoms with E-state index in [1.807, 2.05) is 49.4 Å². The Morgan fingerprint density at radius 1 is 0.930 bits per heavy atom. The first-order valence-corrected chi connectivity index (χ1v) is 15.3. The number of aliphatic hydroxyl groups excluding tert-OH is 1. The standard InChI is InChI=1S/C32H41N5O6/c1-19-25-15-13-22-10-9-21(18-27(22)35-25)6-3-4-7-24(38)14-16-28(39)43-29(23-11-12-23)31(41)34-20(2)32(42)37-17-5-8-26(36-37)30(40)33-19/h3,6,9-10,13,15,18-20,23-24,26,29,36,38H,4-5,7-8,11-12,14,16-17H2,1-2H3,(H,33,40)(H,34,41). The van der Waals surface area contributed by atoms with E-state index in [4.69, 9.17) is 9.72 Å². The number of hydrazine groups is 1. The molecule has 5 unspecified atom stereocenters. The van der Waals surface area contributed by atoms with Crippen LogP contribution in [0.4, 0.5) is 0 Å². The van der Waals surface area contributed by atoms with Crippen LogP contribution in [0.2, 0.25) is 0 Å². The number of hydrogen-bond donors (Lipinski definition) is 4. The Morgan fingerprint density at radius 2 is 1.70 bits per heavy atom. The number of cyclic esters (lactones) is 1. The Morgan fingerprint density at radius 3 is 2.49 bits per heavy atom. The molecule has 3 aliphatic rings. The maximum atomic E-state index is 13.2. The second-order valence-electron chi connectivity index (χ2n) is 11.9. The fourth-order valence-electron chi connectivity index (χ4n) is 5.51. The Labute approximate surface area is 251 Å². The number of allylic oxidation sites excluding steroid dienone is 1. The molecule has 1 saturated carbocycles. The Kier molecular flexibility index (Phi) is 9.72. The van der Waals surface area contributed by atoms with Gasteiger partial charge >= 0.3 is 5.97 Å². The van der Waals surface area contributed by atoms with Crippen molar-refractivity contribution in [3.63, 3.8) is 0 Å². The molecule has 11 heteroatoms. The highest BCUT2D eigenvalue weighted by molar-refractivity contribution is 5.91. The Bertz CT molecular complexity index is 1390. The summed E-state index contributed by atoms with van der Waals surface area (Å²) in [6, 6.07) is 7.98. The molecule has 0 radical (unpaired) electrons. The lowest BCUT2D eigenvalue weighted by Crippen LogP contribution is -2.61. The second-order valence-corrected chi connectivity index (χ2v) is 11.9. The average Bonchev–Trinajstić information content (AvgIpc) is 3.85. The molecule has 1 aromatic heterocycles. The molecule has 11 nitrogen and oxygen atoms in total. The van der Waals surface area contributed by atoms with Gasteiger partial charge in [-0.3, -0.25) is 29.2 Å². The van der Waals surface area contributed by atoms with Gasteiger partial charge in [-0.15, -0.1) is 0 Å². The number of pyridine rings is 1. The highest BCUT2D eigenvalue weighted by atomic mass is 16.5. The van der Waals surface area contributed by atoms with Crippen LogP contribution in [0, 0.1) is 5.92 Å². The zero-order valence-corrected chi connectivity index (χ0v) is 24.8. The van der Waals surface area contributed by atoms with Crippen LogP contribution in [0.3, 0.4) is 0 Å². The van der Waals surface area contributed by atoms with Crippen LogP contribution in [-0.2, 0) is 23.9 Å². The number of carbonyl (C=O) groups excluding carboxylic acids is 4. The number of fused-ring (bicyclic) bond motifs is 4. The van der Waals surface area contributed by atoms with Crippen molar-refractivity contribution >= 4 is 40.7 Å². The molecule has 1 aliphatic carbocycles. The number of nitrogens with zero attached hydrogens (tertiary/aromatic N) is 2. The third-order valence-corrected chi connectivity index (χ3v) is 8.26. The lowest BCUT2D eigenvalue weighted by atomic mass is 10.1. The molecule has 0 spiro atoms. The number of hydrogen-bond acceptors (Lipinski definition) is 8. The minimum atomic E-state index is -0.976. The number of benzene rings is 1. The topological polar surface area (TPSA) is 150 Å². The first-order chi connectivity index (χ1) is 20.7. The van der Waals surface area contributed by atoms with E-state index in [2.05, 4.69) is 16.1 Å². The van der Waals surface area contributed by atoms with Gasteiger partial charge in [0, 0.05) is 24.3 Å². The SMILES string of the molecule is CC1NC(=O)C(C2CC2)OC(=O)CCC(O)CCC=Cc2ccc3ccc(nc3c2)C(C)NC(=O)C2CCCN(N2)C1=O. The van der Waals surface area contributed by atoms with E-state index in [1.165, 1.54) is 5.01 Å². The van der Waals surface area contributed by atoms with Crippen molar-refractivity contribution in [3.8, 4) is 0 Å². The zero-order chi connectivity index (χ0) is 30.5. The van der Waals surface area contributed by atoms with Crippen LogP contribution in [-0.4, -0.2) is 69.6 Å². The lowest BCUT2D eigenvalue weighted by Gasteiger charge is -2.35. The van der Waals surface area contributed by atoms with Gasteiger partial charge in [0.15, 0.2) is 6.10 Å². The van der Waals surface area contributed by atoms with Gasteiger partial charge in [0.25, 0.3) is 11.8 Å². The number of ether oxygens (including phenoxy) is 1. The van der Waals surface area contributed by atoms with Crippen molar-refractivity contribution in [2.75, 3.05) is 6.54 Å². The predicted octanol–water partition coefficient (Wildman–Crippen LogP) is 2.68. The van der Waals surface area contributed by atoms with Gasteiger partial charge < -0.3 is 20.5 Å². The monoisotopic (exact) mass is 591 g/mol. The summed E-state index contributed by atoms with van der Waals surface area (Å²) in [6.45, 7) is 3.85. The van der Waals surface area contributed by atoms with Crippen molar-refractivity contribution < 1.29 is 29.0 Å². The molecule has 4 N–H and O–H groups in total. The van der Waals surface area contributed by atoms with Crippen molar-refractivity contribution in [2.24, 2.45) is 5.92 Å². The summed E-state index contributed by atoms with van der Waals surface area (Å²) in [5.41, 5.74) is 5.52. The van der Waals surface area contributed by atoms with E-state index in [0.717, 1.165) is 35.0 Å². The van der Waals surface area contributed by atoms with E-state index in [-0.39, 0.29) is 36.6 Å². The largest absolute Gasteiger partial charge is 0.452 e. The summed E-state index contributed by atoms with van der Waals surface area (Å²) < 4.78 is 5.54. The summed E-state index contributed by atoms with van der Waals surface area (Å²) in [6.07, 6.45) is 6.32. The number of nitrogens with one attached hydrogen (secondary N) is 3. The predicted molar refractivity (Wildman–Crippen MR) is 160 cm³/mol. The van der Waals surface area contributed by atoms with Gasteiger partial charge in [0.05, 0.1) is 23.4 Å². The highest BCUT2D eigenvalue weighted by Gasteiger charge is 2.40. The molecule has 43 heavy (non-hydrogen) atoms. The molecule has 3 heterocycles. The van der Waals surface area contributed by atoms with E-state index < -0.39 is 36.2 Å². The summed E-state index contributed by atoms with van der Waals surface area (Å²) in [7, 11) is 0. The quantitative estimate of drug-likeness (QED) is 0.370. The normalized spacial score (nSPS) is 28.6. The van der Waals surface area contributed by atoms with Crippen LogP contribution in [0.1, 0.15) is 82.5 Å². The number of rotatable bonds is 1. The molecule has 2 aliphatic heterocycles. The maximum absolute atomic E-state index is 13.2. The van der Waals surface area contributed by atoms with Gasteiger partial charge in [0.1, 0.15) is 12.1 Å². The lowest BCUT2D eigenvalue weighted by molar-refractivity contribution is -0.158. The number of amides is 3. The van der Waals surface area contributed by atoms with Gasteiger partial charge in [0.2, 0.25) is 5.91 Å². The van der Waals surface area contributed by atoms with Crippen LogP contribution >= 0.6 is 0 Å². The molecule has 5 rings (SSSR count). The van der Waals surface area contributed by atoms with Crippen LogP contribution in [0.5, 0.6) is 0 Å². The van der Waals surface area contributed by atoms with E-state index in [1.54, 1.807) is 6.92 Å². The first kappa shape index (κ1) is 30.6. The molecular formula is C32H41N5O6. The third kappa shape index (κ3) is 7.97. The molecule has 1 aromatic carbocycles. The molecule has 2 fully saturated rings. The molecular weight excluding hydrogens is 550 g/mol. The van der Waals surface area contributed by atoms with Crippen LogP contribution < -0.4 is 16.1 Å². The van der Waals surface area contributed by atoms with Crippen LogP contribution in [0.15, 0.2) is 36.4 Å². The minimum Gasteiger partial charge on any atom is -0.452 e. The smallest absolute Gasteiger partial charge is 0.306 e. The van der Waals surface area contributed by atoms with Gasteiger partial charge in [-0.05, 0) is 76.5 Å². The van der Waals surface area contributed by atoms with Gasteiger partial charge in [-0.1, -0.05) is 30.4 Å². The molecule has 230 valence electrons. The molecule has 2 aromatic rings. The Balaban J connectivity index is 1.35. The number of esters is 1. The van der Waals surface area contributed by atoms with E-state index in [0.29, 0.717) is 32.2 Å². The molecule has 1 saturated heterocycles. The van der Waals surface area contributed by atoms with Crippen molar-refractivity contribution in [1.29, 1.82) is 0 Å². The van der Waals surface area contributed by atoms with Crippen molar-refractivity contribution in [1.82, 2.24) is 26.1 Å². The molecule has 5 atom stereocenters. The number of carbonyl (C=O) groups is 4. The third-order valence-electron chi connectivity index (χ3n) is 8.26. The molecule has 3 amide bonds. The summed E-state index contributed by atoms with van der Waals surface area (Å²) >= 11 is 0. The van der Waals surface area contributed by atoms with Crippen molar-refractivity contribution in [2.45, 2.75) is 95.5 Å². The summed E-state index contributed by atoms with van der Waals surface area (Å²) in [5, 5.41) is 18.5. The summed E-state index contributed by atoms with van der Waals surface area (Å²) in [4.78, 5) is 56.9. The van der Waals surface area contributed by atoms with Crippen LogP contribution in [0.25, 0.3) is 17.0 Å². The molecule has 5 bridgehead atoms. The van der Waals surface area contributed by atoms with E-state index in [9.17, 15) is 24.3 Å². The fourth-order valence-corrected chi connectivity index (χ4v) is 5.51. The number of aliphatic hydroxyl groups is 1. The zero-order valence-electron chi connectivity index (χ0n) is 24.8. The average molecular weight is 592 g/mol. The maximum Gasteiger partial charge on any atom is 0.306 e. The number of aromatic nitrogens is 1. The van der Waals surface area contributed by atoms with E-state index >= 15 is 0 Å². The first-order valence-electron chi connectivity index (χ1n) is 15.3. The summed E-state index contributed by atoms with van der Waals surface area (Å²) in [5.74, 6) is -1.76. The van der Waals surface area contributed by atoms with Gasteiger partial charge in [-0.2, -0.15) is 0 Å². The second kappa shape index (κ2) is 13.6. The van der Waals surface area contributed by atoms with Gasteiger partial charge in [-0.25, -0.2) is 5.43 Å². The Hall–Kier alpha value is -3.83.